The van der Waals surface area contributed by atoms with E-state index in [1.54, 1.807) is 6.20 Å². The van der Waals surface area contributed by atoms with Gasteiger partial charge in [-0.3, -0.25) is 4.79 Å². The number of halogens is 1. The molecule has 0 unspecified atom stereocenters. The van der Waals surface area contributed by atoms with Crippen LogP contribution >= 0.6 is 15.9 Å². The molecule has 1 aromatic heterocycles. The van der Waals surface area contributed by atoms with Crippen LogP contribution in [-0.4, -0.2) is 28.5 Å². The van der Waals surface area contributed by atoms with E-state index in [1.165, 1.54) is 4.68 Å². The van der Waals surface area contributed by atoms with Gasteiger partial charge in [0.1, 0.15) is 4.47 Å². The molecular weight excluding hydrogens is 322 g/mol. The lowest BCUT2D eigenvalue weighted by atomic mass is 9.89. The average Bonchev–Trinajstić information content (AvgIpc) is 2.40. The van der Waals surface area contributed by atoms with Crippen LogP contribution in [0.15, 0.2) is 15.5 Å². The Balaban J connectivity index is 1.96. The number of rotatable bonds is 7. The van der Waals surface area contributed by atoms with E-state index in [2.05, 4.69) is 33.3 Å². The van der Waals surface area contributed by atoms with Crippen molar-refractivity contribution in [3.63, 3.8) is 0 Å². The van der Waals surface area contributed by atoms with Crippen LogP contribution in [0.1, 0.15) is 39.5 Å². The van der Waals surface area contributed by atoms with E-state index in [4.69, 9.17) is 4.74 Å². The van der Waals surface area contributed by atoms with E-state index in [1.807, 2.05) is 6.92 Å². The normalized spacial score (nSPS) is 21.6. The predicted octanol–water partition coefficient (Wildman–Crippen LogP) is 2.79. The molecule has 1 aliphatic rings. The lowest BCUT2D eigenvalue weighted by Crippen LogP contribution is -2.41. The molecule has 20 heavy (non-hydrogen) atoms. The summed E-state index contributed by atoms with van der Waals surface area (Å²) in [5.41, 5.74) is 0.715. The first-order valence-electron chi connectivity index (χ1n) is 7.29. The van der Waals surface area contributed by atoms with Crippen molar-refractivity contribution in [1.82, 2.24) is 9.78 Å². The van der Waals surface area contributed by atoms with Gasteiger partial charge in [0.15, 0.2) is 0 Å². The molecule has 6 heteroatoms. The molecule has 0 saturated heterocycles. The van der Waals surface area contributed by atoms with Crippen LogP contribution in [0.2, 0.25) is 0 Å². The van der Waals surface area contributed by atoms with Gasteiger partial charge in [-0.1, -0.05) is 13.3 Å². The molecule has 0 bridgehead atoms. The lowest BCUT2D eigenvalue weighted by molar-refractivity contribution is 0.00297. The molecule has 1 saturated carbocycles. The van der Waals surface area contributed by atoms with E-state index in [0.717, 1.165) is 38.0 Å². The van der Waals surface area contributed by atoms with Gasteiger partial charge in [0.05, 0.1) is 18.0 Å². The van der Waals surface area contributed by atoms with Gasteiger partial charge in [-0.05, 0) is 42.1 Å². The summed E-state index contributed by atoms with van der Waals surface area (Å²) in [6, 6.07) is 0.371. The summed E-state index contributed by atoms with van der Waals surface area (Å²) in [5.74, 6) is 0. The molecule has 0 amide bonds. The number of anilines is 1. The Morgan fingerprint density at radius 1 is 1.50 bits per heavy atom. The molecule has 5 nitrogen and oxygen atoms in total. The zero-order chi connectivity index (χ0) is 14.5. The predicted molar refractivity (Wildman–Crippen MR) is 83.2 cm³/mol. The van der Waals surface area contributed by atoms with Crippen LogP contribution in [0.3, 0.4) is 0 Å². The van der Waals surface area contributed by atoms with Gasteiger partial charge in [0, 0.05) is 19.2 Å². The molecule has 1 aromatic rings. The second-order valence-electron chi connectivity index (χ2n) is 5.14. The Morgan fingerprint density at radius 3 is 2.90 bits per heavy atom. The fraction of sp³-hybridized carbons (Fsp3) is 0.714. The molecule has 112 valence electrons. The van der Waals surface area contributed by atoms with Crippen molar-refractivity contribution in [3.8, 4) is 0 Å². The maximum absolute atomic E-state index is 12.1. The number of hydrogen-bond donors (Lipinski definition) is 1. The highest BCUT2D eigenvalue weighted by atomic mass is 79.9. The van der Waals surface area contributed by atoms with Crippen molar-refractivity contribution < 1.29 is 4.74 Å². The number of unbranched alkanes of at least 4 members (excludes halogenated alkanes) is 1. The third-order valence-electron chi connectivity index (χ3n) is 3.57. The SMILES string of the molecule is CCCCn1ncc(NC2CC(OCC)C2)c(Br)c1=O. The van der Waals surface area contributed by atoms with Gasteiger partial charge in [-0.2, -0.15) is 5.10 Å². The Labute approximate surface area is 127 Å². The van der Waals surface area contributed by atoms with Crippen LogP contribution in [0.25, 0.3) is 0 Å². The minimum Gasteiger partial charge on any atom is -0.380 e. The molecule has 0 spiro atoms. The highest BCUT2D eigenvalue weighted by molar-refractivity contribution is 9.10. The van der Waals surface area contributed by atoms with Crippen molar-refractivity contribution in [2.45, 2.75) is 58.2 Å². The third kappa shape index (κ3) is 3.61. The summed E-state index contributed by atoms with van der Waals surface area (Å²) in [5, 5.41) is 7.58. The van der Waals surface area contributed by atoms with Gasteiger partial charge in [0.25, 0.3) is 5.56 Å². The summed E-state index contributed by atoms with van der Waals surface area (Å²) in [6.07, 6.45) is 6.07. The summed E-state index contributed by atoms with van der Waals surface area (Å²) < 4.78 is 7.62. The number of aromatic nitrogens is 2. The quantitative estimate of drug-likeness (QED) is 0.826. The molecule has 2 rings (SSSR count). The summed E-state index contributed by atoms with van der Waals surface area (Å²) >= 11 is 3.38. The fourth-order valence-electron chi connectivity index (χ4n) is 2.31. The summed E-state index contributed by atoms with van der Waals surface area (Å²) in [7, 11) is 0. The first-order valence-corrected chi connectivity index (χ1v) is 8.08. The largest absolute Gasteiger partial charge is 0.380 e. The number of aryl methyl sites for hydroxylation is 1. The van der Waals surface area contributed by atoms with Crippen LogP contribution in [0.4, 0.5) is 5.69 Å². The standard InChI is InChI=1S/C14H22BrN3O2/c1-3-5-6-18-14(19)13(15)12(9-16-18)17-10-7-11(8-10)20-4-2/h9-11,17H,3-8H2,1-2H3. The molecule has 1 N–H and O–H groups in total. The third-order valence-corrected chi connectivity index (χ3v) is 4.33. The number of nitrogens with zero attached hydrogens (tertiary/aromatic N) is 2. The first-order chi connectivity index (χ1) is 9.65. The van der Waals surface area contributed by atoms with E-state index < -0.39 is 0 Å². The zero-order valence-corrected chi connectivity index (χ0v) is 13.6. The van der Waals surface area contributed by atoms with E-state index in [9.17, 15) is 4.79 Å². The molecule has 0 atom stereocenters. The van der Waals surface area contributed by atoms with Crippen LogP contribution < -0.4 is 10.9 Å². The highest BCUT2D eigenvalue weighted by Gasteiger charge is 2.30. The van der Waals surface area contributed by atoms with Crippen molar-refractivity contribution in [3.05, 3.63) is 21.0 Å². The molecule has 0 aromatic carbocycles. The van der Waals surface area contributed by atoms with Gasteiger partial charge < -0.3 is 10.1 Å². The van der Waals surface area contributed by atoms with Crippen molar-refractivity contribution in [2.75, 3.05) is 11.9 Å². The van der Waals surface area contributed by atoms with Crippen LogP contribution in [-0.2, 0) is 11.3 Å². The smallest absolute Gasteiger partial charge is 0.283 e. The van der Waals surface area contributed by atoms with Crippen LogP contribution in [0.5, 0.6) is 0 Å². The highest BCUT2D eigenvalue weighted by Crippen LogP contribution is 2.28. The second kappa shape index (κ2) is 7.22. The lowest BCUT2D eigenvalue weighted by Gasteiger charge is -2.36. The number of nitrogens with one attached hydrogen (secondary N) is 1. The first kappa shape index (κ1) is 15.5. The Kier molecular flexibility index (Phi) is 5.60. The van der Waals surface area contributed by atoms with Gasteiger partial charge in [0.2, 0.25) is 0 Å². The number of ether oxygens (including phenoxy) is 1. The fourth-order valence-corrected chi connectivity index (χ4v) is 2.73. The average molecular weight is 344 g/mol. The zero-order valence-electron chi connectivity index (χ0n) is 12.1. The van der Waals surface area contributed by atoms with Crippen molar-refractivity contribution >= 4 is 21.6 Å². The van der Waals surface area contributed by atoms with Gasteiger partial charge in [-0.25, -0.2) is 4.68 Å². The maximum atomic E-state index is 12.1. The Morgan fingerprint density at radius 2 is 2.25 bits per heavy atom. The topological polar surface area (TPSA) is 56.1 Å². The van der Waals surface area contributed by atoms with Gasteiger partial charge >= 0.3 is 0 Å². The minimum absolute atomic E-state index is 0.0656. The van der Waals surface area contributed by atoms with E-state index in [-0.39, 0.29) is 5.56 Å². The molecule has 1 fully saturated rings. The molecule has 0 radical (unpaired) electrons. The Bertz CT molecular complexity index is 498. The monoisotopic (exact) mass is 343 g/mol. The summed E-state index contributed by atoms with van der Waals surface area (Å²) in [4.78, 5) is 12.1. The Hall–Kier alpha value is -0.880. The molecular formula is C14H22BrN3O2. The van der Waals surface area contributed by atoms with E-state index >= 15 is 0 Å². The molecule has 0 aliphatic heterocycles. The van der Waals surface area contributed by atoms with Gasteiger partial charge in [-0.15, -0.1) is 0 Å². The molecule has 1 aliphatic carbocycles. The molecule has 1 heterocycles. The van der Waals surface area contributed by atoms with Crippen molar-refractivity contribution in [1.29, 1.82) is 0 Å². The van der Waals surface area contributed by atoms with Crippen LogP contribution in [0, 0.1) is 0 Å². The maximum Gasteiger partial charge on any atom is 0.283 e. The second-order valence-corrected chi connectivity index (χ2v) is 5.94. The van der Waals surface area contributed by atoms with Crippen molar-refractivity contribution in [2.24, 2.45) is 0 Å². The minimum atomic E-state index is -0.0656. The number of hydrogen-bond acceptors (Lipinski definition) is 4. The van der Waals surface area contributed by atoms with E-state index in [0.29, 0.717) is 23.2 Å². The summed E-state index contributed by atoms with van der Waals surface area (Å²) in [6.45, 7) is 5.54.